The second kappa shape index (κ2) is 3.81. The van der Waals surface area contributed by atoms with E-state index in [9.17, 15) is 0 Å². The van der Waals surface area contributed by atoms with Crippen molar-refractivity contribution in [2.24, 2.45) is 0 Å². The summed E-state index contributed by atoms with van der Waals surface area (Å²) in [5.74, 6) is 1.07. The highest BCUT2D eigenvalue weighted by atomic mass is 79.9. The third-order valence-corrected chi connectivity index (χ3v) is 2.98. The molecule has 0 spiro atoms. The quantitative estimate of drug-likeness (QED) is 0.745. The molecule has 17 heavy (non-hydrogen) atoms. The molecular weight excluding hydrogens is 282 g/mol. The van der Waals surface area contributed by atoms with Gasteiger partial charge < -0.3 is 5.73 Å². The van der Waals surface area contributed by atoms with Gasteiger partial charge in [-0.25, -0.2) is 9.67 Å². The Morgan fingerprint density at radius 3 is 2.65 bits per heavy atom. The zero-order valence-corrected chi connectivity index (χ0v) is 10.3. The number of hydrogen-bond acceptors (Lipinski definition) is 4. The summed E-state index contributed by atoms with van der Waals surface area (Å²) in [5, 5.41) is 4.13. The molecule has 0 atom stereocenters. The Morgan fingerprint density at radius 1 is 1.18 bits per heavy atom. The Hall–Kier alpha value is -1.95. The summed E-state index contributed by atoms with van der Waals surface area (Å²) in [7, 11) is 0. The Morgan fingerprint density at radius 2 is 1.94 bits per heavy atom. The molecule has 2 N–H and O–H groups in total. The fourth-order valence-corrected chi connectivity index (χ4v) is 1.81. The number of fused-ring (bicyclic) bond motifs is 1. The molecule has 3 aromatic rings. The molecule has 0 amide bonds. The minimum absolute atomic E-state index is 0.431. The van der Waals surface area contributed by atoms with Gasteiger partial charge in [-0.2, -0.15) is 0 Å². The molecule has 0 radical (unpaired) electrons. The van der Waals surface area contributed by atoms with Gasteiger partial charge in [0.15, 0.2) is 11.6 Å². The smallest absolute Gasteiger partial charge is 0.172 e. The lowest BCUT2D eigenvalue weighted by atomic mass is 10.3. The van der Waals surface area contributed by atoms with Crippen molar-refractivity contribution in [2.75, 3.05) is 5.73 Å². The third-order valence-electron chi connectivity index (χ3n) is 2.37. The Kier molecular flexibility index (Phi) is 2.29. The van der Waals surface area contributed by atoms with Crippen molar-refractivity contribution >= 4 is 32.8 Å². The number of nitrogens with two attached hydrogens (primary N) is 1. The maximum Gasteiger partial charge on any atom is 0.172 e. The molecular formula is C11H8BrN5. The molecule has 0 bridgehead atoms. The normalized spacial score (nSPS) is 10.9. The summed E-state index contributed by atoms with van der Waals surface area (Å²) < 4.78 is 2.34. The first-order chi connectivity index (χ1) is 8.24. The summed E-state index contributed by atoms with van der Waals surface area (Å²) in [5.41, 5.74) is 7.35. The van der Waals surface area contributed by atoms with Crippen molar-refractivity contribution < 1.29 is 0 Å². The second-order valence-corrected chi connectivity index (χ2v) is 4.38. The lowest BCUT2D eigenvalue weighted by Gasteiger charge is -2.01. The molecule has 3 rings (SSSR count). The number of rotatable bonds is 1. The van der Waals surface area contributed by atoms with Crippen LogP contribution in [0, 0.1) is 0 Å². The average Bonchev–Trinajstić information content (AvgIpc) is 2.69. The molecule has 1 aromatic carbocycles. The van der Waals surface area contributed by atoms with Crippen molar-refractivity contribution in [3.05, 3.63) is 41.1 Å². The monoisotopic (exact) mass is 289 g/mol. The molecule has 2 heterocycles. The zero-order valence-electron chi connectivity index (χ0n) is 8.71. The van der Waals surface area contributed by atoms with Gasteiger partial charge >= 0.3 is 0 Å². The minimum atomic E-state index is 0.431. The SMILES string of the molecule is Nc1nn(-c2cnc3ccccc3n2)cc1Br. The number of hydrogen-bond donors (Lipinski definition) is 1. The van der Waals surface area contributed by atoms with E-state index in [4.69, 9.17) is 5.73 Å². The van der Waals surface area contributed by atoms with Crippen LogP contribution in [0.3, 0.4) is 0 Å². The van der Waals surface area contributed by atoms with Crippen molar-refractivity contribution in [2.45, 2.75) is 0 Å². The average molecular weight is 290 g/mol. The lowest BCUT2D eigenvalue weighted by molar-refractivity contribution is 0.850. The predicted molar refractivity (Wildman–Crippen MR) is 68.8 cm³/mol. The largest absolute Gasteiger partial charge is 0.381 e. The van der Waals surface area contributed by atoms with Crippen LogP contribution in [0.25, 0.3) is 16.9 Å². The first-order valence-electron chi connectivity index (χ1n) is 4.97. The van der Waals surface area contributed by atoms with Crippen LogP contribution in [0.15, 0.2) is 41.1 Å². The highest BCUT2D eigenvalue weighted by Gasteiger charge is 2.06. The van der Waals surface area contributed by atoms with Crippen LogP contribution in [0.5, 0.6) is 0 Å². The maximum absolute atomic E-state index is 5.66. The number of anilines is 1. The molecule has 2 aromatic heterocycles. The number of aromatic nitrogens is 4. The van der Waals surface area contributed by atoms with E-state index in [1.165, 1.54) is 0 Å². The Labute approximate surface area is 105 Å². The first-order valence-corrected chi connectivity index (χ1v) is 5.76. The number of benzene rings is 1. The van der Waals surface area contributed by atoms with Crippen molar-refractivity contribution in [3.8, 4) is 5.82 Å². The fourth-order valence-electron chi connectivity index (χ4n) is 1.54. The van der Waals surface area contributed by atoms with Crippen LogP contribution < -0.4 is 5.73 Å². The number of nitrogens with zero attached hydrogens (tertiary/aromatic N) is 4. The molecule has 5 nitrogen and oxygen atoms in total. The van der Waals surface area contributed by atoms with E-state index in [0.29, 0.717) is 11.6 Å². The molecule has 0 saturated heterocycles. The van der Waals surface area contributed by atoms with Crippen LogP contribution in [0.1, 0.15) is 0 Å². The summed E-state index contributed by atoms with van der Waals surface area (Å²) in [4.78, 5) is 8.78. The standard InChI is InChI=1S/C11H8BrN5/c12-7-6-17(16-11(7)13)10-5-14-8-3-1-2-4-9(8)15-10/h1-6H,(H2,13,16). The first kappa shape index (κ1) is 10.2. The number of para-hydroxylation sites is 2. The number of halogens is 1. The molecule has 0 saturated carbocycles. The molecule has 0 fully saturated rings. The third kappa shape index (κ3) is 1.76. The van der Waals surface area contributed by atoms with Crippen LogP contribution >= 0.6 is 15.9 Å². The van der Waals surface area contributed by atoms with Gasteiger partial charge in [0.2, 0.25) is 0 Å². The van der Waals surface area contributed by atoms with E-state index < -0.39 is 0 Å². The van der Waals surface area contributed by atoms with Gasteiger partial charge in [0.1, 0.15) is 0 Å². The minimum Gasteiger partial charge on any atom is -0.381 e. The molecule has 0 unspecified atom stereocenters. The van der Waals surface area contributed by atoms with Gasteiger partial charge in [0.05, 0.1) is 21.7 Å². The topological polar surface area (TPSA) is 69.6 Å². The van der Waals surface area contributed by atoms with E-state index in [1.807, 2.05) is 24.3 Å². The zero-order chi connectivity index (χ0) is 11.8. The van der Waals surface area contributed by atoms with Gasteiger partial charge in [-0.3, -0.25) is 4.98 Å². The van der Waals surface area contributed by atoms with E-state index in [-0.39, 0.29) is 0 Å². The van der Waals surface area contributed by atoms with Crippen LogP contribution in [0.4, 0.5) is 5.82 Å². The van der Waals surface area contributed by atoms with Crippen LogP contribution in [-0.2, 0) is 0 Å². The number of nitrogen functional groups attached to an aromatic ring is 1. The van der Waals surface area contributed by atoms with E-state index in [2.05, 4.69) is 31.0 Å². The molecule has 0 aliphatic heterocycles. The Bertz CT molecular complexity index is 672. The summed E-state index contributed by atoms with van der Waals surface area (Å²) in [6.07, 6.45) is 3.43. The Balaban J connectivity index is 2.17. The lowest BCUT2D eigenvalue weighted by Crippen LogP contribution is -2.00. The summed E-state index contributed by atoms with van der Waals surface area (Å²) >= 11 is 3.31. The van der Waals surface area contributed by atoms with E-state index in [1.54, 1.807) is 17.1 Å². The van der Waals surface area contributed by atoms with Crippen LogP contribution in [-0.4, -0.2) is 19.7 Å². The van der Waals surface area contributed by atoms with Gasteiger partial charge in [0, 0.05) is 6.20 Å². The van der Waals surface area contributed by atoms with Crippen molar-refractivity contribution in [1.29, 1.82) is 0 Å². The highest BCUT2D eigenvalue weighted by molar-refractivity contribution is 9.10. The van der Waals surface area contributed by atoms with Gasteiger partial charge in [0.25, 0.3) is 0 Å². The van der Waals surface area contributed by atoms with E-state index in [0.717, 1.165) is 15.5 Å². The van der Waals surface area contributed by atoms with E-state index >= 15 is 0 Å². The van der Waals surface area contributed by atoms with Crippen molar-refractivity contribution in [3.63, 3.8) is 0 Å². The highest BCUT2D eigenvalue weighted by Crippen LogP contribution is 2.19. The molecule has 6 heteroatoms. The van der Waals surface area contributed by atoms with Crippen molar-refractivity contribution in [1.82, 2.24) is 19.7 Å². The summed E-state index contributed by atoms with van der Waals surface area (Å²) in [6.45, 7) is 0. The predicted octanol–water partition coefficient (Wildman–Crippen LogP) is 2.16. The van der Waals surface area contributed by atoms with Crippen LogP contribution in [0.2, 0.25) is 0 Å². The fraction of sp³-hybridized carbons (Fsp3) is 0. The molecule has 84 valence electrons. The second-order valence-electron chi connectivity index (χ2n) is 3.52. The van der Waals surface area contributed by atoms with Gasteiger partial charge in [-0.15, -0.1) is 5.10 Å². The molecule has 0 aliphatic carbocycles. The summed E-state index contributed by atoms with van der Waals surface area (Å²) in [6, 6.07) is 7.68. The van der Waals surface area contributed by atoms with Gasteiger partial charge in [-0.05, 0) is 28.1 Å². The van der Waals surface area contributed by atoms with Gasteiger partial charge in [-0.1, -0.05) is 12.1 Å². The molecule has 0 aliphatic rings. The maximum atomic E-state index is 5.66.